The highest BCUT2D eigenvalue weighted by molar-refractivity contribution is 5.85. The molecule has 0 spiro atoms. The van der Waals surface area contributed by atoms with E-state index < -0.39 is 0 Å². The lowest BCUT2D eigenvalue weighted by molar-refractivity contribution is 0.317. The Kier molecular flexibility index (Phi) is 3.12. The molecule has 0 amide bonds. The molecule has 2 nitrogen and oxygen atoms in total. The first kappa shape index (κ1) is 10.3. The molecule has 0 radical (unpaired) electrons. The summed E-state index contributed by atoms with van der Waals surface area (Å²) < 4.78 is 18.0. The Morgan fingerprint density at radius 3 is 3.00 bits per heavy atom. The van der Waals surface area contributed by atoms with E-state index in [-0.39, 0.29) is 24.3 Å². The van der Waals surface area contributed by atoms with Crippen LogP contribution in [-0.4, -0.2) is 13.7 Å². The summed E-state index contributed by atoms with van der Waals surface area (Å²) in [6.45, 7) is 0.593. The van der Waals surface area contributed by atoms with E-state index in [1.807, 2.05) is 7.05 Å². The molecule has 0 fully saturated rings. The van der Waals surface area contributed by atoms with Crippen LogP contribution in [0, 0.1) is 5.82 Å². The minimum atomic E-state index is -0.245. The second-order valence-electron chi connectivity index (χ2n) is 2.83. The Balaban J connectivity index is 0.000000845. The molecule has 0 saturated carbocycles. The van der Waals surface area contributed by atoms with Crippen molar-refractivity contribution in [2.24, 2.45) is 0 Å². The van der Waals surface area contributed by atoms with E-state index in [1.165, 1.54) is 12.1 Å². The molecule has 1 aromatic rings. The van der Waals surface area contributed by atoms with Crippen molar-refractivity contribution in [1.82, 2.24) is 5.32 Å². The number of rotatable bonds is 1. The second kappa shape index (κ2) is 3.94. The fourth-order valence-electron chi connectivity index (χ4n) is 1.42. The van der Waals surface area contributed by atoms with Crippen molar-refractivity contribution in [2.45, 2.75) is 6.04 Å². The lowest BCUT2D eigenvalue weighted by Crippen LogP contribution is -2.17. The highest BCUT2D eigenvalue weighted by Crippen LogP contribution is 2.32. The zero-order chi connectivity index (χ0) is 8.55. The molecule has 1 heterocycles. The molecule has 0 bridgehead atoms. The summed E-state index contributed by atoms with van der Waals surface area (Å²) in [6, 6.07) is 4.85. The summed E-state index contributed by atoms with van der Waals surface area (Å²) in [7, 11) is 1.87. The number of ether oxygens (including phenoxy) is 1. The van der Waals surface area contributed by atoms with Gasteiger partial charge in [0.25, 0.3) is 0 Å². The smallest absolute Gasteiger partial charge is 0.127 e. The Hall–Kier alpha value is -0.800. The number of nitrogens with one attached hydrogen (secondary N) is 1. The van der Waals surface area contributed by atoms with Gasteiger partial charge in [0.2, 0.25) is 0 Å². The lowest BCUT2D eigenvalue weighted by atomic mass is 10.1. The van der Waals surface area contributed by atoms with Crippen molar-refractivity contribution < 1.29 is 9.13 Å². The van der Waals surface area contributed by atoms with E-state index in [0.717, 1.165) is 5.56 Å². The third-order valence-electron chi connectivity index (χ3n) is 2.10. The average molecular weight is 204 g/mol. The Bertz CT molecular complexity index is 306. The van der Waals surface area contributed by atoms with Crippen molar-refractivity contribution in [3.63, 3.8) is 0 Å². The van der Waals surface area contributed by atoms with Crippen LogP contribution in [0.3, 0.4) is 0 Å². The van der Waals surface area contributed by atoms with Crippen molar-refractivity contribution in [3.05, 3.63) is 29.6 Å². The van der Waals surface area contributed by atoms with Gasteiger partial charge in [0.15, 0.2) is 0 Å². The van der Waals surface area contributed by atoms with Crippen LogP contribution in [0.2, 0.25) is 0 Å². The number of likely N-dealkylation sites (N-methyl/N-ethyl adjacent to an activating group) is 1. The molecule has 13 heavy (non-hydrogen) atoms. The molecule has 0 saturated heterocycles. The van der Waals surface area contributed by atoms with Gasteiger partial charge in [0, 0.05) is 11.6 Å². The topological polar surface area (TPSA) is 21.3 Å². The number of hydrogen-bond donors (Lipinski definition) is 1. The van der Waals surface area contributed by atoms with Crippen LogP contribution < -0.4 is 10.1 Å². The van der Waals surface area contributed by atoms with Crippen LogP contribution >= 0.6 is 12.4 Å². The van der Waals surface area contributed by atoms with E-state index >= 15 is 0 Å². The monoisotopic (exact) mass is 203 g/mol. The first-order valence-corrected chi connectivity index (χ1v) is 3.91. The SMILES string of the molecule is CN[C@@H]1COc2cc(F)ccc21.Cl. The van der Waals surface area contributed by atoms with Crippen LogP contribution in [0.15, 0.2) is 18.2 Å². The predicted octanol–water partition coefficient (Wildman–Crippen LogP) is 1.90. The normalized spacial score (nSPS) is 18.8. The molecule has 4 heteroatoms. The van der Waals surface area contributed by atoms with Gasteiger partial charge >= 0.3 is 0 Å². The molecule has 0 aromatic heterocycles. The maximum atomic E-state index is 12.7. The van der Waals surface area contributed by atoms with Gasteiger partial charge in [0.05, 0.1) is 6.04 Å². The van der Waals surface area contributed by atoms with Gasteiger partial charge in [0.1, 0.15) is 18.2 Å². The highest BCUT2D eigenvalue weighted by atomic mass is 35.5. The summed E-state index contributed by atoms with van der Waals surface area (Å²) in [6.07, 6.45) is 0. The third-order valence-corrected chi connectivity index (χ3v) is 2.10. The van der Waals surface area contributed by atoms with Crippen LogP contribution in [-0.2, 0) is 0 Å². The van der Waals surface area contributed by atoms with Gasteiger partial charge in [-0.15, -0.1) is 12.4 Å². The van der Waals surface area contributed by atoms with E-state index in [1.54, 1.807) is 6.07 Å². The second-order valence-corrected chi connectivity index (χ2v) is 2.83. The Morgan fingerprint density at radius 1 is 1.54 bits per heavy atom. The molecule has 1 atom stereocenters. The average Bonchev–Trinajstić information content (AvgIpc) is 2.46. The predicted molar refractivity (Wildman–Crippen MR) is 50.9 cm³/mol. The first-order valence-electron chi connectivity index (χ1n) is 3.91. The number of hydrogen-bond acceptors (Lipinski definition) is 2. The Labute approximate surface area is 82.5 Å². The van der Waals surface area contributed by atoms with Crippen molar-refractivity contribution in [3.8, 4) is 5.75 Å². The van der Waals surface area contributed by atoms with Crippen LogP contribution in [0.1, 0.15) is 11.6 Å². The molecule has 1 N–H and O–H groups in total. The van der Waals surface area contributed by atoms with Gasteiger partial charge in [-0.05, 0) is 13.1 Å². The summed E-state index contributed by atoms with van der Waals surface area (Å²) in [5, 5.41) is 3.09. The fourth-order valence-corrected chi connectivity index (χ4v) is 1.42. The van der Waals surface area contributed by atoms with Crippen molar-refractivity contribution >= 4 is 12.4 Å². The first-order chi connectivity index (χ1) is 5.81. The van der Waals surface area contributed by atoms with E-state index in [4.69, 9.17) is 4.74 Å². The lowest BCUT2D eigenvalue weighted by Gasteiger charge is -2.04. The molecular weight excluding hydrogens is 193 g/mol. The zero-order valence-electron chi connectivity index (χ0n) is 7.21. The summed E-state index contributed by atoms with van der Waals surface area (Å²) in [4.78, 5) is 0. The number of fused-ring (bicyclic) bond motifs is 1. The van der Waals surface area contributed by atoms with Gasteiger partial charge in [-0.1, -0.05) is 6.07 Å². The number of benzene rings is 1. The maximum Gasteiger partial charge on any atom is 0.127 e. The maximum absolute atomic E-state index is 12.7. The van der Waals surface area contributed by atoms with Crippen molar-refractivity contribution in [2.75, 3.05) is 13.7 Å². The molecule has 1 aromatic carbocycles. The van der Waals surface area contributed by atoms with E-state index in [0.29, 0.717) is 12.4 Å². The molecule has 1 aliphatic rings. The molecule has 0 unspecified atom stereocenters. The quantitative estimate of drug-likeness (QED) is 0.753. The molecule has 1 aliphatic heterocycles. The molecule has 0 aliphatic carbocycles. The summed E-state index contributed by atoms with van der Waals surface area (Å²) >= 11 is 0. The Morgan fingerprint density at radius 2 is 2.31 bits per heavy atom. The zero-order valence-corrected chi connectivity index (χ0v) is 8.03. The molecular formula is C9H11ClFNO. The van der Waals surface area contributed by atoms with Gasteiger partial charge in [-0.2, -0.15) is 0 Å². The summed E-state index contributed by atoms with van der Waals surface area (Å²) in [5.41, 5.74) is 1.04. The minimum absolute atomic E-state index is 0. The van der Waals surface area contributed by atoms with Crippen LogP contribution in [0.25, 0.3) is 0 Å². The van der Waals surface area contributed by atoms with Crippen LogP contribution in [0.4, 0.5) is 4.39 Å². The third kappa shape index (κ3) is 1.76. The summed E-state index contributed by atoms with van der Waals surface area (Å²) in [5.74, 6) is 0.417. The number of halogens is 2. The van der Waals surface area contributed by atoms with E-state index in [9.17, 15) is 4.39 Å². The van der Waals surface area contributed by atoms with Crippen LogP contribution in [0.5, 0.6) is 5.75 Å². The minimum Gasteiger partial charge on any atom is -0.491 e. The fraction of sp³-hybridized carbons (Fsp3) is 0.333. The highest BCUT2D eigenvalue weighted by Gasteiger charge is 2.22. The van der Waals surface area contributed by atoms with Crippen molar-refractivity contribution in [1.29, 1.82) is 0 Å². The standard InChI is InChI=1S/C9H10FNO.ClH/c1-11-8-5-12-9-4-6(10)2-3-7(8)9;/h2-4,8,11H,5H2,1H3;1H/t8-;/m1./s1. The molecule has 72 valence electrons. The molecule has 2 rings (SSSR count). The van der Waals surface area contributed by atoms with Gasteiger partial charge in [-0.3, -0.25) is 0 Å². The van der Waals surface area contributed by atoms with E-state index in [2.05, 4.69) is 5.32 Å². The largest absolute Gasteiger partial charge is 0.491 e. The van der Waals surface area contributed by atoms with Gasteiger partial charge in [-0.25, -0.2) is 4.39 Å². The van der Waals surface area contributed by atoms with Gasteiger partial charge < -0.3 is 10.1 Å².